The third-order valence-corrected chi connectivity index (χ3v) is 12.6. The molecule has 7 nitrogen and oxygen atoms in total. The van der Waals surface area contributed by atoms with Crippen molar-refractivity contribution < 1.29 is 23.7 Å². The van der Waals surface area contributed by atoms with Gasteiger partial charge in [-0.15, -0.1) is 0 Å². The van der Waals surface area contributed by atoms with Crippen LogP contribution in [0.3, 0.4) is 0 Å². The molecule has 0 saturated heterocycles. The van der Waals surface area contributed by atoms with Crippen LogP contribution in [0.5, 0.6) is 46.0 Å². The molecule has 0 bridgehead atoms. The van der Waals surface area contributed by atoms with Crippen LogP contribution in [0.25, 0.3) is 32.7 Å². The largest absolute Gasteiger partial charge is 0.456 e. The van der Waals surface area contributed by atoms with E-state index in [1.807, 2.05) is 61.5 Å². The summed E-state index contributed by atoms with van der Waals surface area (Å²) in [6, 6.07) is 72.1. The molecule has 322 valence electrons. The second-order valence-electron chi connectivity index (χ2n) is 16.7. The van der Waals surface area contributed by atoms with E-state index in [-0.39, 0.29) is 5.56 Å². The van der Waals surface area contributed by atoms with E-state index in [0.717, 1.165) is 44.5 Å². The quantitative estimate of drug-likeness (QED) is 0.119. The minimum atomic E-state index is -0.658. The molecule has 0 heterocycles. The van der Waals surface area contributed by atoms with Gasteiger partial charge in [-0.25, -0.2) is 0 Å². The number of aldehydes is 1. The minimum absolute atomic E-state index is 0.254. The molecule has 10 aromatic carbocycles. The van der Waals surface area contributed by atoms with Gasteiger partial charge in [0.1, 0.15) is 75.5 Å². The summed E-state index contributed by atoms with van der Waals surface area (Å²) in [5.74, 6) is 3.86. The number of nitrogens with zero attached hydrogens (tertiary/aromatic N) is 2. The van der Waals surface area contributed by atoms with Crippen LogP contribution in [0.2, 0.25) is 0 Å². The molecule has 0 spiro atoms. The number of aryl methyl sites for hydroxylation is 1. The molecule has 0 saturated carbocycles. The number of hydrogen-bond donors (Lipinski definition) is 0. The van der Waals surface area contributed by atoms with Gasteiger partial charge in [-0.2, -0.15) is 10.5 Å². The fraction of sp³-hybridized carbons (Fsp3) is 0.0328. The first-order valence-electron chi connectivity index (χ1n) is 22.1. The maximum absolute atomic E-state index is 11.1. The molecule has 0 aromatic heterocycles. The van der Waals surface area contributed by atoms with Gasteiger partial charge in [-0.3, -0.25) is 4.79 Å². The van der Waals surface area contributed by atoms with Gasteiger partial charge in [-0.1, -0.05) is 115 Å². The topological polar surface area (TPSA) is 102 Å². The second-order valence-corrected chi connectivity index (χ2v) is 16.7. The van der Waals surface area contributed by atoms with E-state index < -0.39 is 5.41 Å². The van der Waals surface area contributed by atoms with Crippen molar-refractivity contribution in [3.05, 3.63) is 251 Å². The molecule has 7 heteroatoms. The fourth-order valence-electron chi connectivity index (χ4n) is 9.38. The number of fused-ring (bicyclic) bond motifs is 5. The van der Waals surface area contributed by atoms with Crippen molar-refractivity contribution in [2.24, 2.45) is 0 Å². The van der Waals surface area contributed by atoms with E-state index >= 15 is 0 Å². The van der Waals surface area contributed by atoms with E-state index in [9.17, 15) is 15.3 Å². The lowest BCUT2D eigenvalue weighted by atomic mass is 9.67. The molecule has 0 atom stereocenters. The van der Waals surface area contributed by atoms with Crippen LogP contribution in [-0.2, 0) is 5.41 Å². The summed E-state index contributed by atoms with van der Waals surface area (Å²) in [6.07, 6.45) is 0.769. The van der Waals surface area contributed by atoms with Gasteiger partial charge in [0.15, 0.2) is 0 Å². The van der Waals surface area contributed by atoms with Gasteiger partial charge >= 0.3 is 0 Å². The van der Waals surface area contributed by atoms with Crippen LogP contribution < -0.4 is 18.9 Å². The summed E-state index contributed by atoms with van der Waals surface area (Å²) < 4.78 is 25.0. The van der Waals surface area contributed by atoms with Gasteiger partial charge < -0.3 is 18.9 Å². The van der Waals surface area contributed by atoms with Crippen LogP contribution in [0, 0.1) is 29.6 Å². The molecule has 11 rings (SSSR count). The van der Waals surface area contributed by atoms with Crippen LogP contribution in [0.15, 0.2) is 206 Å². The SMILES string of the molecule is Cc1ccc(Oc2cccc(Oc3ccc4cc(C5(c6ccc7cc(Oc8cccc(Oc9ccc(C=O)cc9)c8C#N)ccc7c6)c6ccccc6-c6ccccc65)ccc4c3)c2C#N)cc1. The molecule has 0 fully saturated rings. The summed E-state index contributed by atoms with van der Waals surface area (Å²) in [6.45, 7) is 2.02. The van der Waals surface area contributed by atoms with E-state index in [1.54, 1.807) is 54.6 Å². The van der Waals surface area contributed by atoms with Gasteiger partial charge in [0.25, 0.3) is 0 Å². The van der Waals surface area contributed by atoms with E-state index in [0.29, 0.717) is 57.1 Å². The van der Waals surface area contributed by atoms with Gasteiger partial charge in [0.2, 0.25) is 0 Å². The van der Waals surface area contributed by atoms with Crippen molar-refractivity contribution >= 4 is 27.8 Å². The molecule has 0 N–H and O–H groups in total. The fourth-order valence-corrected chi connectivity index (χ4v) is 9.38. The summed E-state index contributed by atoms with van der Waals surface area (Å²) in [7, 11) is 0. The lowest BCUT2D eigenvalue weighted by Gasteiger charge is -2.34. The zero-order chi connectivity index (χ0) is 46.2. The van der Waals surface area contributed by atoms with E-state index in [2.05, 4.69) is 109 Å². The predicted molar refractivity (Wildman–Crippen MR) is 264 cm³/mol. The molecule has 0 aliphatic heterocycles. The first-order valence-corrected chi connectivity index (χ1v) is 22.1. The molecule has 0 amide bonds. The molecular formula is C61H38N2O5. The Morgan fingerprint density at radius 3 is 1.24 bits per heavy atom. The zero-order valence-corrected chi connectivity index (χ0v) is 36.6. The zero-order valence-electron chi connectivity index (χ0n) is 36.6. The average Bonchev–Trinajstić information content (AvgIpc) is 3.68. The van der Waals surface area contributed by atoms with Gasteiger partial charge in [0.05, 0.1) is 5.41 Å². The molecule has 1 aliphatic carbocycles. The Hall–Kier alpha value is -9.43. The first kappa shape index (κ1) is 41.3. The molecule has 0 radical (unpaired) electrons. The van der Waals surface area contributed by atoms with E-state index in [4.69, 9.17) is 18.9 Å². The van der Waals surface area contributed by atoms with Crippen molar-refractivity contribution in [1.82, 2.24) is 0 Å². The Morgan fingerprint density at radius 2 is 0.794 bits per heavy atom. The van der Waals surface area contributed by atoms with Crippen molar-refractivity contribution in [2.45, 2.75) is 12.3 Å². The lowest BCUT2D eigenvalue weighted by molar-refractivity contribution is 0.112. The Labute approximate surface area is 392 Å². The molecule has 1 aliphatic rings. The third kappa shape index (κ3) is 7.31. The maximum atomic E-state index is 11.1. The number of ether oxygens (including phenoxy) is 4. The number of nitriles is 2. The van der Waals surface area contributed by atoms with Crippen LogP contribution in [-0.4, -0.2) is 6.29 Å². The highest BCUT2D eigenvalue weighted by Crippen LogP contribution is 2.56. The second kappa shape index (κ2) is 17.2. The smallest absolute Gasteiger partial charge is 0.150 e. The number of hydrogen-bond acceptors (Lipinski definition) is 7. The number of carbonyl (C=O) groups is 1. The van der Waals surface area contributed by atoms with Gasteiger partial charge in [-0.05, 0) is 159 Å². The summed E-state index contributed by atoms with van der Waals surface area (Å²) in [5.41, 5.74) is 8.57. The van der Waals surface area contributed by atoms with E-state index in [1.165, 1.54) is 22.3 Å². The molecule has 10 aromatic rings. The number of rotatable bonds is 11. The normalized spacial score (nSPS) is 12.0. The summed E-state index contributed by atoms with van der Waals surface area (Å²) in [5, 5.41) is 24.5. The lowest BCUT2D eigenvalue weighted by Crippen LogP contribution is -2.28. The first-order chi connectivity index (χ1) is 33.4. The maximum Gasteiger partial charge on any atom is 0.150 e. The van der Waals surface area contributed by atoms with Crippen molar-refractivity contribution in [2.75, 3.05) is 0 Å². The highest BCUT2D eigenvalue weighted by Gasteiger charge is 2.46. The van der Waals surface area contributed by atoms with Crippen LogP contribution >= 0.6 is 0 Å². The van der Waals surface area contributed by atoms with Crippen molar-refractivity contribution in [3.8, 4) is 69.3 Å². The Kier molecular flexibility index (Phi) is 10.4. The average molecular weight is 879 g/mol. The third-order valence-electron chi connectivity index (χ3n) is 12.6. The van der Waals surface area contributed by atoms with Crippen LogP contribution in [0.4, 0.5) is 0 Å². The molecular weight excluding hydrogens is 841 g/mol. The highest BCUT2D eigenvalue weighted by atomic mass is 16.5. The standard InChI is InChI=1S/C61H38N2O5/c1-39-16-26-47(27-17-39)65-57-12-6-14-59(53(57)36-62)67-49-30-22-41-32-45(24-20-43(41)34-49)61(55-10-4-2-8-51(55)52-9-3-5-11-56(52)61)46-25-21-44-35-50(31-23-42(44)33-46)68-60-15-7-13-58(54(60)37-63)66-48-28-18-40(38-64)19-29-48/h2-35,38H,1H3. The van der Waals surface area contributed by atoms with Crippen LogP contribution in [0.1, 0.15) is 49.3 Å². The van der Waals surface area contributed by atoms with Crippen molar-refractivity contribution in [3.63, 3.8) is 0 Å². The minimum Gasteiger partial charge on any atom is -0.456 e. The molecule has 68 heavy (non-hydrogen) atoms. The van der Waals surface area contributed by atoms with Gasteiger partial charge in [0, 0.05) is 5.56 Å². The number of benzene rings is 10. The number of carbonyl (C=O) groups excluding carboxylic acids is 1. The summed E-state index contributed by atoms with van der Waals surface area (Å²) in [4.78, 5) is 11.1. The Balaban J connectivity index is 0.943. The highest BCUT2D eigenvalue weighted by molar-refractivity contribution is 5.92. The van der Waals surface area contributed by atoms with Crippen molar-refractivity contribution in [1.29, 1.82) is 10.5 Å². The predicted octanol–water partition coefficient (Wildman–Crippen LogP) is 15.4. The molecule has 0 unspecified atom stereocenters. The Morgan fingerprint density at radius 1 is 0.412 bits per heavy atom. The monoisotopic (exact) mass is 878 g/mol. The summed E-state index contributed by atoms with van der Waals surface area (Å²) >= 11 is 0. The Bertz CT molecular complexity index is 3650.